The predicted molar refractivity (Wildman–Crippen MR) is 95.6 cm³/mol. The number of benzene rings is 1. The average molecular weight is 327 g/mol. The summed E-state index contributed by atoms with van der Waals surface area (Å²) in [6.45, 7) is 4.55. The molecule has 0 amide bonds. The predicted octanol–water partition coefficient (Wildman–Crippen LogP) is 3.33. The van der Waals surface area contributed by atoms with Crippen LogP contribution in [0.2, 0.25) is 0 Å². The first-order valence-corrected chi connectivity index (χ1v) is 9.61. The van der Waals surface area contributed by atoms with Crippen LogP contribution < -0.4 is 5.32 Å². The number of hydrogen-bond donors (Lipinski definition) is 1. The van der Waals surface area contributed by atoms with Crippen LogP contribution in [0.4, 0.5) is 0 Å². The van der Waals surface area contributed by atoms with Crippen molar-refractivity contribution in [3.63, 3.8) is 0 Å². The molecule has 122 valence electrons. The lowest BCUT2D eigenvalue weighted by atomic mass is 9.93. The highest BCUT2D eigenvalue weighted by molar-refractivity contribution is 7.09. The summed E-state index contributed by atoms with van der Waals surface area (Å²) in [4.78, 5) is 7.22. The molecule has 0 bridgehead atoms. The van der Waals surface area contributed by atoms with Gasteiger partial charge in [0.05, 0.1) is 6.54 Å². The molecular weight excluding hydrogens is 302 g/mol. The molecule has 2 aromatic rings. The lowest BCUT2D eigenvalue weighted by Gasteiger charge is -2.29. The van der Waals surface area contributed by atoms with Gasteiger partial charge in [0.25, 0.3) is 0 Å². The molecule has 1 N–H and O–H groups in total. The van der Waals surface area contributed by atoms with E-state index in [0.717, 1.165) is 25.6 Å². The summed E-state index contributed by atoms with van der Waals surface area (Å²) in [5.41, 5.74) is 2.04. The van der Waals surface area contributed by atoms with E-state index in [0.29, 0.717) is 5.41 Å². The van der Waals surface area contributed by atoms with Gasteiger partial charge in [0.1, 0.15) is 5.01 Å². The second-order valence-electron chi connectivity index (χ2n) is 6.96. The van der Waals surface area contributed by atoms with Gasteiger partial charge < -0.3 is 5.32 Å². The molecule has 2 heterocycles. The molecular formula is C19H25N3S. The molecule has 1 saturated carbocycles. The van der Waals surface area contributed by atoms with Crippen molar-refractivity contribution in [2.45, 2.75) is 38.3 Å². The molecule has 1 saturated heterocycles. The normalized spacial score (nSPS) is 22.6. The van der Waals surface area contributed by atoms with Crippen molar-refractivity contribution < 1.29 is 0 Å². The highest BCUT2D eigenvalue weighted by Crippen LogP contribution is 2.56. The largest absolute Gasteiger partial charge is 0.317 e. The van der Waals surface area contributed by atoms with Gasteiger partial charge in [-0.15, -0.1) is 11.3 Å². The van der Waals surface area contributed by atoms with E-state index in [1.165, 1.54) is 42.9 Å². The zero-order valence-corrected chi connectivity index (χ0v) is 14.4. The van der Waals surface area contributed by atoms with E-state index in [9.17, 15) is 0 Å². The van der Waals surface area contributed by atoms with E-state index < -0.39 is 0 Å². The second kappa shape index (κ2) is 6.71. The number of piperidine rings is 1. The minimum Gasteiger partial charge on any atom is -0.317 e. The summed E-state index contributed by atoms with van der Waals surface area (Å²) >= 11 is 1.79. The molecule has 3 nitrogen and oxygen atoms in total. The SMILES string of the molecule is c1ccc(CCN(Cc2nccs2)C2CC23CCNCC3)cc1. The Bertz CT molecular complexity index is 605. The van der Waals surface area contributed by atoms with Gasteiger partial charge in [-0.05, 0) is 49.8 Å². The van der Waals surface area contributed by atoms with E-state index in [1.54, 1.807) is 11.3 Å². The van der Waals surface area contributed by atoms with E-state index in [1.807, 2.05) is 6.20 Å². The maximum atomic E-state index is 4.52. The third kappa shape index (κ3) is 3.49. The molecule has 1 unspecified atom stereocenters. The van der Waals surface area contributed by atoms with Crippen molar-refractivity contribution in [3.05, 3.63) is 52.5 Å². The summed E-state index contributed by atoms with van der Waals surface area (Å²) in [5.74, 6) is 0. The highest BCUT2D eigenvalue weighted by Gasteiger charge is 2.56. The van der Waals surface area contributed by atoms with Crippen LogP contribution in [0.1, 0.15) is 29.8 Å². The van der Waals surface area contributed by atoms with Crippen molar-refractivity contribution >= 4 is 11.3 Å². The third-order valence-electron chi connectivity index (χ3n) is 5.54. The molecule has 1 atom stereocenters. The van der Waals surface area contributed by atoms with E-state index in [4.69, 9.17) is 0 Å². The number of hydrogen-bond acceptors (Lipinski definition) is 4. The van der Waals surface area contributed by atoms with E-state index in [2.05, 4.69) is 50.9 Å². The second-order valence-corrected chi connectivity index (χ2v) is 7.94. The molecule has 4 heteroatoms. The van der Waals surface area contributed by atoms with Crippen LogP contribution in [0.3, 0.4) is 0 Å². The van der Waals surface area contributed by atoms with Gasteiger partial charge in [-0.1, -0.05) is 30.3 Å². The van der Waals surface area contributed by atoms with Gasteiger partial charge in [-0.3, -0.25) is 4.90 Å². The Morgan fingerprint density at radius 1 is 1.22 bits per heavy atom. The van der Waals surface area contributed by atoms with Crippen molar-refractivity contribution in [3.8, 4) is 0 Å². The van der Waals surface area contributed by atoms with Gasteiger partial charge >= 0.3 is 0 Å². The minimum absolute atomic E-state index is 0.596. The van der Waals surface area contributed by atoms with Crippen LogP contribution in [0.25, 0.3) is 0 Å². The van der Waals surface area contributed by atoms with E-state index in [-0.39, 0.29) is 0 Å². The number of nitrogens with one attached hydrogen (secondary N) is 1. The molecule has 1 aliphatic heterocycles. The molecule has 4 rings (SSSR count). The van der Waals surface area contributed by atoms with Gasteiger partial charge in [-0.2, -0.15) is 0 Å². The van der Waals surface area contributed by atoms with E-state index >= 15 is 0 Å². The Hall–Kier alpha value is -1.23. The topological polar surface area (TPSA) is 28.2 Å². The molecule has 2 aliphatic rings. The number of nitrogens with zero attached hydrogens (tertiary/aromatic N) is 2. The molecule has 2 fully saturated rings. The van der Waals surface area contributed by atoms with Crippen molar-refractivity contribution in [2.24, 2.45) is 5.41 Å². The molecule has 1 aromatic carbocycles. The van der Waals surface area contributed by atoms with Gasteiger partial charge in [0, 0.05) is 24.2 Å². The third-order valence-corrected chi connectivity index (χ3v) is 6.30. The molecule has 1 spiro atoms. The van der Waals surface area contributed by atoms with Crippen LogP contribution in [0, 0.1) is 5.41 Å². The van der Waals surface area contributed by atoms with Crippen molar-refractivity contribution in [1.82, 2.24) is 15.2 Å². The van der Waals surface area contributed by atoms with Gasteiger partial charge in [-0.25, -0.2) is 4.98 Å². The fourth-order valence-corrected chi connectivity index (χ4v) is 4.71. The van der Waals surface area contributed by atoms with Crippen LogP contribution in [0.5, 0.6) is 0 Å². The quantitative estimate of drug-likeness (QED) is 0.882. The maximum Gasteiger partial charge on any atom is 0.107 e. The maximum absolute atomic E-state index is 4.52. The first-order chi connectivity index (χ1) is 11.4. The Morgan fingerprint density at radius 2 is 2.04 bits per heavy atom. The van der Waals surface area contributed by atoms with Crippen LogP contribution in [-0.4, -0.2) is 35.6 Å². The number of aromatic nitrogens is 1. The lowest BCUT2D eigenvalue weighted by molar-refractivity contribution is 0.197. The van der Waals surface area contributed by atoms with Crippen LogP contribution in [0.15, 0.2) is 41.9 Å². The summed E-state index contributed by atoms with van der Waals surface area (Å²) < 4.78 is 0. The number of rotatable bonds is 6. The fourth-order valence-electron chi connectivity index (χ4n) is 4.07. The van der Waals surface area contributed by atoms with Gasteiger partial charge in [0.15, 0.2) is 0 Å². The van der Waals surface area contributed by atoms with Crippen molar-refractivity contribution in [1.29, 1.82) is 0 Å². The summed E-state index contributed by atoms with van der Waals surface area (Å²) in [5, 5.41) is 6.87. The van der Waals surface area contributed by atoms with Gasteiger partial charge in [0.2, 0.25) is 0 Å². The molecule has 1 aromatic heterocycles. The zero-order valence-electron chi connectivity index (χ0n) is 13.6. The first kappa shape index (κ1) is 15.3. The average Bonchev–Trinajstić information content (AvgIpc) is 3.04. The fraction of sp³-hybridized carbons (Fsp3) is 0.526. The molecule has 0 radical (unpaired) electrons. The Kier molecular flexibility index (Phi) is 4.47. The Balaban J connectivity index is 1.43. The summed E-state index contributed by atoms with van der Waals surface area (Å²) in [6.07, 6.45) is 7.14. The van der Waals surface area contributed by atoms with Crippen LogP contribution >= 0.6 is 11.3 Å². The summed E-state index contributed by atoms with van der Waals surface area (Å²) in [7, 11) is 0. The van der Waals surface area contributed by atoms with Crippen LogP contribution in [-0.2, 0) is 13.0 Å². The smallest absolute Gasteiger partial charge is 0.107 e. The molecule has 23 heavy (non-hydrogen) atoms. The number of thiazole rings is 1. The lowest BCUT2D eigenvalue weighted by Crippen LogP contribution is -2.36. The monoisotopic (exact) mass is 327 g/mol. The summed E-state index contributed by atoms with van der Waals surface area (Å²) in [6, 6.07) is 11.6. The zero-order chi connectivity index (χ0) is 15.5. The standard InChI is InChI=1S/C19H25N3S/c1-2-4-16(5-3-1)6-12-22(15-18-21-11-13-23-18)17-14-19(17)7-9-20-10-8-19/h1-5,11,13,17,20H,6-10,12,14-15H2. The highest BCUT2D eigenvalue weighted by atomic mass is 32.1. The first-order valence-electron chi connectivity index (χ1n) is 8.73. The van der Waals surface area contributed by atoms with Crippen molar-refractivity contribution in [2.75, 3.05) is 19.6 Å². The Labute approximate surface area is 142 Å². The minimum atomic E-state index is 0.596. The Morgan fingerprint density at radius 3 is 2.78 bits per heavy atom. The molecule has 1 aliphatic carbocycles.